The van der Waals surface area contributed by atoms with Crippen LogP contribution >= 0.6 is 23.7 Å². The number of rotatable bonds is 5. The minimum atomic E-state index is -2.56. The Labute approximate surface area is 119 Å². The molecular weight excluding hydrogens is 296 g/mol. The summed E-state index contributed by atoms with van der Waals surface area (Å²) in [6, 6.07) is 0. The minimum absolute atomic E-state index is 0. The number of halogens is 3. The first-order valence-corrected chi connectivity index (χ1v) is 6.06. The van der Waals surface area contributed by atoms with Crippen LogP contribution in [-0.4, -0.2) is 26.5 Å². The molecule has 2 rings (SSSR count). The first-order chi connectivity index (χ1) is 8.56. The summed E-state index contributed by atoms with van der Waals surface area (Å²) >= 11 is 1.39. The zero-order chi connectivity index (χ0) is 13.1. The topological polar surface area (TPSA) is 60.0 Å². The van der Waals surface area contributed by atoms with Gasteiger partial charge < -0.3 is 5.73 Å². The summed E-state index contributed by atoms with van der Waals surface area (Å²) in [7, 11) is 1.83. The van der Waals surface area contributed by atoms with Crippen molar-refractivity contribution >= 4 is 28.9 Å². The van der Waals surface area contributed by atoms with Crippen LogP contribution in [0.4, 0.5) is 13.9 Å². The summed E-state index contributed by atoms with van der Waals surface area (Å²) in [5.41, 5.74) is 5.53. The van der Waals surface area contributed by atoms with E-state index in [0.29, 0.717) is 24.0 Å². The van der Waals surface area contributed by atoms with E-state index in [2.05, 4.69) is 9.97 Å². The fraction of sp³-hybridized carbons (Fsp3) is 0.400. The van der Waals surface area contributed by atoms with Crippen LogP contribution in [0.25, 0.3) is 0 Å². The fourth-order valence-corrected chi connectivity index (χ4v) is 2.37. The van der Waals surface area contributed by atoms with E-state index >= 15 is 0 Å². The van der Waals surface area contributed by atoms with Crippen molar-refractivity contribution in [2.45, 2.75) is 19.6 Å². The van der Waals surface area contributed by atoms with Gasteiger partial charge in [0.2, 0.25) is 0 Å². The van der Waals surface area contributed by atoms with Gasteiger partial charge in [-0.25, -0.2) is 9.97 Å². The molecule has 0 amide bonds. The first kappa shape index (κ1) is 15.8. The Balaban J connectivity index is 0.00000180. The maximum Gasteiger partial charge on any atom is 0.319 e. The minimum Gasteiger partial charge on any atom is -0.375 e. The standard InChI is InChI=1S/C10H13F2N5S.ClH/c1-16(5-7-4-15-10(13)18-7)6-8-14-2-3-17(8)9(11)12;/h2-4,9H,5-6H2,1H3,(H2,13,15);1H. The Bertz CT molecular complexity index is 515. The van der Waals surface area contributed by atoms with Gasteiger partial charge in [-0.3, -0.25) is 9.47 Å². The van der Waals surface area contributed by atoms with Gasteiger partial charge in [-0.05, 0) is 7.05 Å². The molecule has 0 unspecified atom stereocenters. The van der Waals surface area contributed by atoms with Gasteiger partial charge in [-0.1, -0.05) is 0 Å². The summed E-state index contributed by atoms with van der Waals surface area (Å²) in [5.74, 6) is 0.338. The highest BCUT2D eigenvalue weighted by atomic mass is 35.5. The normalized spacial score (nSPS) is 11.0. The number of aromatic nitrogens is 3. The molecule has 0 fully saturated rings. The molecule has 0 aliphatic rings. The third-order valence-electron chi connectivity index (χ3n) is 2.37. The van der Waals surface area contributed by atoms with Crippen molar-refractivity contribution in [3.63, 3.8) is 0 Å². The molecule has 2 heterocycles. The second kappa shape index (κ2) is 6.78. The number of alkyl halides is 2. The van der Waals surface area contributed by atoms with Gasteiger partial charge in [-0.15, -0.1) is 23.7 Å². The van der Waals surface area contributed by atoms with Crippen molar-refractivity contribution in [1.82, 2.24) is 19.4 Å². The van der Waals surface area contributed by atoms with Crippen LogP contribution in [0.15, 0.2) is 18.6 Å². The highest BCUT2D eigenvalue weighted by molar-refractivity contribution is 7.15. The molecular formula is C10H14ClF2N5S. The van der Waals surface area contributed by atoms with Gasteiger partial charge in [-0.2, -0.15) is 8.78 Å². The maximum absolute atomic E-state index is 12.6. The summed E-state index contributed by atoms with van der Waals surface area (Å²) in [6.45, 7) is -1.62. The lowest BCUT2D eigenvalue weighted by Gasteiger charge is -2.15. The molecule has 0 aliphatic heterocycles. The predicted molar refractivity (Wildman–Crippen MR) is 72.4 cm³/mol. The van der Waals surface area contributed by atoms with Gasteiger partial charge in [0.1, 0.15) is 5.82 Å². The van der Waals surface area contributed by atoms with Crippen molar-refractivity contribution in [1.29, 1.82) is 0 Å². The quantitative estimate of drug-likeness (QED) is 0.921. The van der Waals surface area contributed by atoms with Gasteiger partial charge in [0.25, 0.3) is 0 Å². The summed E-state index contributed by atoms with van der Waals surface area (Å²) < 4.78 is 26.1. The molecule has 0 aliphatic carbocycles. The van der Waals surface area contributed by atoms with Crippen molar-refractivity contribution in [3.05, 3.63) is 29.3 Å². The monoisotopic (exact) mass is 309 g/mol. The largest absolute Gasteiger partial charge is 0.375 e. The Morgan fingerprint density at radius 1 is 1.42 bits per heavy atom. The van der Waals surface area contributed by atoms with Crippen LogP contribution < -0.4 is 5.73 Å². The van der Waals surface area contributed by atoms with E-state index in [1.54, 1.807) is 6.20 Å². The number of nitrogens with two attached hydrogens (primary N) is 1. The zero-order valence-corrected chi connectivity index (χ0v) is 11.8. The third-order valence-corrected chi connectivity index (χ3v) is 3.18. The maximum atomic E-state index is 12.6. The molecule has 0 bridgehead atoms. The number of anilines is 1. The average Bonchev–Trinajstić information content (AvgIpc) is 2.87. The number of hydrogen-bond donors (Lipinski definition) is 1. The lowest BCUT2D eigenvalue weighted by atomic mass is 10.4. The van der Waals surface area contributed by atoms with Crippen LogP contribution in [0.2, 0.25) is 0 Å². The van der Waals surface area contributed by atoms with Crippen molar-refractivity contribution in [2.75, 3.05) is 12.8 Å². The number of nitrogen functional groups attached to an aromatic ring is 1. The molecule has 19 heavy (non-hydrogen) atoms. The number of imidazole rings is 1. The molecule has 0 saturated carbocycles. The van der Waals surface area contributed by atoms with Crippen LogP contribution in [0, 0.1) is 0 Å². The summed E-state index contributed by atoms with van der Waals surface area (Å²) in [6.07, 6.45) is 4.34. The van der Waals surface area contributed by atoms with Gasteiger partial charge in [0.15, 0.2) is 5.13 Å². The summed E-state index contributed by atoms with van der Waals surface area (Å²) in [5, 5.41) is 0.507. The molecule has 0 aromatic carbocycles. The van der Waals surface area contributed by atoms with Crippen LogP contribution in [0.3, 0.4) is 0 Å². The second-order valence-corrected chi connectivity index (χ2v) is 5.01. The lowest BCUT2D eigenvalue weighted by Crippen LogP contribution is -2.19. The number of hydrogen-bond acceptors (Lipinski definition) is 5. The van der Waals surface area contributed by atoms with E-state index in [-0.39, 0.29) is 12.4 Å². The highest BCUT2D eigenvalue weighted by Crippen LogP contribution is 2.18. The second-order valence-electron chi connectivity index (χ2n) is 3.87. The van der Waals surface area contributed by atoms with Crippen LogP contribution in [0.5, 0.6) is 0 Å². The third kappa shape index (κ3) is 4.12. The fourth-order valence-electron chi connectivity index (χ4n) is 1.60. The SMILES string of the molecule is CN(Cc1cnc(N)s1)Cc1nccn1C(F)F.Cl. The molecule has 0 radical (unpaired) electrons. The van der Waals surface area contributed by atoms with E-state index in [9.17, 15) is 8.78 Å². The van der Waals surface area contributed by atoms with Gasteiger partial charge in [0, 0.05) is 30.0 Å². The van der Waals surface area contributed by atoms with E-state index in [0.717, 1.165) is 9.44 Å². The predicted octanol–water partition coefficient (Wildman–Crippen LogP) is 2.37. The van der Waals surface area contributed by atoms with Crippen molar-refractivity contribution < 1.29 is 8.78 Å². The van der Waals surface area contributed by atoms with Crippen molar-refractivity contribution in [3.8, 4) is 0 Å². The zero-order valence-electron chi connectivity index (χ0n) is 10.2. The Kier molecular flexibility index (Phi) is 5.64. The number of nitrogens with zero attached hydrogens (tertiary/aromatic N) is 4. The Hall–Kier alpha value is -1.25. The van der Waals surface area contributed by atoms with E-state index in [4.69, 9.17) is 5.73 Å². The molecule has 9 heteroatoms. The molecule has 2 aromatic heterocycles. The molecule has 0 saturated heterocycles. The molecule has 2 aromatic rings. The lowest BCUT2D eigenvalue weighted by molar-refractivity contribution is 0.0644. The van der Waals surface area contributed by atoms with Crippen LogP contribution in [-0.2, 0) is 13.1 Å². The smallest absolute Gasteiger partial charge is 0.319 e. The highest BCUT2D eigenvalue weighted by Gasteiger charge is 2.13. The molecule has 2 N–H and O–H groups in total. The number of thiazole rings is 1. The first-order valence-electron chi connectivity index (χ1n) is 5.25. The van der Waals surface area contributed by atoms with Gasteiger partial charge >= 0.3 is 6.55 Å². The Morgan fingerprint density at radius 2 is 2.16 bits per heavy atom. The van der Waals surface area contributed by atoms with E-state index in [1.807, 2.05) is 11.9 Å². The molecule has 5 nitrogen and oxygen atoms in total. The summed E-state index contributed by atoms with van der Waals surface area (Å²) in [4.78, 5) is 10.7. The van der Waals surface area contributed by atoms with E-state index < -0.39 is 6.55 Å². The van der Waals surface area contributed by atoms with Crippen molar-refractivity contribution in [2.24, 2.45) is 0 Å². The van der Waals surface area contributed by atoms with Gasteiger partial charge in [0.05, 0.1) is 6.54 Å². The van der Waals surface area contributed by atoms with Crippen LogP contribution in [0.1, 0.15) is 17.3 Å². The Morgan fingerprint density at radius 3 is 2.74 bits per heavy atom. The van der Waals surface area contributed by atoms with E-state index in [1.165, 1.54) is 23.7 Å². The molecule has 0 atom stereocenters. The molecule has 106 valence electrons. The average molecular weight is 310 g/mol. The molecule has 0 spiro atoms.